The fraction of sp³-hybridized carbons (Fsp3) is 0.0833. The van der Waals surface area contributed by atoms with E-state index in [-0.39, 0.29) is 6.17 Å². The quantitative estimate of drug-likeness (QED) is 0.325. The second-order valence-electron chi connectivity index (χ2n) is 7.45. The molecule has 1 unspecified atom stereocenters. The van der Waals surface area contributed by atoms with Crippen LogP contribution in [0.4, 0.5) is 5.69 Å². The Labute approximate surface area is 192 Å². The first-order valence-electron chi connectivity index (χ1n) is 10.1. The molecule has 1 N–H and O–H groups in total. The normalized spacial score (nSPS) is 15.4. The Kier molecular flexibility index (Phi) is 4.78. The zero-order valence-corrected chi connectivity index (χ0v) is 18.4. The molecule has 1 aliphatic rings. The number of hydrogen-bond donors (Lipinski definition) is 1. The van der Waals surface area contributed by atoms with Crippen LogP contribution in [0.25, 0.3) is 28.1 Å². The van der Waals surface area contributed by atoms with E-state index in [1.807, 2.05) is 24.3 Å². The monoisotopic (exact) mass is 456 g/mol. The Morgan fingerprint density at radius 3 is 2.66 bits per heavy atom. The molecule has 1 atom stereocenters. The molecule has 0 amide bonds. The summed E-state index contributed by atoms with van der Waals surface area (Å²) in [6, 6.07) is 20.5. The summed E-state index contributed by atoms with van der Waals surface area (Å²) in [5.41, 5.74) is 2.43. The smallest absolute Gasteiger partial charge is 0.181 e. The highest BCUT2D eigenvalue weighted by Gasteiger charge is 2.22. The van der Waals surface area contributed by atoms with Gasteiger partial charge in [0.25, 0.3) is 0 Å². The van der Waals surface area contributed by atoms with Gasteiger partial charge in [0.15, 0.2) is 5.65 Å². The highest BCUT2D eigenvalue weighted by Crippen LogP contribution is 2.31. The number of H-pyrrole nitrogens is 1. The van der Waals surface area contributed by atoms with E-state index < -0.39 is 0 Å². The predicted octanol–water partition coefficient (Wildman–Crippen LogP) is 4.16. The van der Waals surface area contributed by atoms with Crippen LogP contribution < -0.4 is 15.5 Å². The van der Waals surface area contributed by atoms with E-state index in [0.29, 0.717) is 16.4 Å². The zero-order chi connectivity index (χ0) is 21.5. The molecule has 156 valence electrons. The van der Waals surface area contributed by atoms with Gasteiger partial charge >= 0.3 is 0 Å². The van der Waals surface area contributed by atoms with Crippen molar-refractivity contribution in [1.29, 1.82) is 0 Å². The maximum atomic E-state index is 6.58. The molecule has 0 saturated heterocycles. The van der Waals surface area contributed by atoms with Crippen LogP contribution in [0.3, 0.4) is 0 Å². The van der Waals surface area contributed by atoms with Gasteiger partial charge in [-0.1, -0.05) is 59.8 Å². The van der Waals surface area contributed by atoms with Gasteiger partial charge in [-0.05, 0) is 35.0 Å². The summed E-state index contributed by atoms with van der Waals surface area (Å²) in [5.74, 6) is 0.680. The molecule has 8 heteroatoms. The summed E-state index contributed by atoms with van der Waals surface area (Å²) in [6.45, 7) is 0. The lowest BCUT2D eigenvalue weighted by Gasteiger charge is -2.30. The average Bonchev–Trinajstić information content (AvgIpc) is 3.31. The minimum absolute atomic E-state index is 0.151. The third-order valence-electron chi connectivity index (χ3n) is 5.47. The highest BCUT2D eigenvalue weighted by molar-refractivity contribution is 7.99. The Bertz CT molecular complexity index is 1580. The van der Waals surface area contributed by atoms with E-state index >= 15 is 0 Å². The van der Waals surface area contributed by atoms with Crippen molar-refractivity contribution < 1.29 is 0 Å². The van der Waals surface area contributed by atoms with Crippen LogP contribution in [0.15, 0.2) is 83.3 Å². The number of thioether (sulfide) groups is 1. The van der Waals surface area contributed by atoms with E-state index in [0.717, 1.165) is 26.8 Å². The van der Waals surface area contributed by atoms with E-state index in [2.05, 4.69) is 67.4 Å². The number of fused-ring (bicyclic) bond motifs is 3. The van der Waals surface area contributed by atoms with Crippen molar-refractivity contribution in [2.75, 3.05) is 10.7 Å². The van der Waals surface area contributed by atoms with Gasteiger partial charge in [-0.15, -0.1) is 0 Å². The second kappa shape index (κ2) is 7.93. The maximum absolute atomic E-state index is 6.58. The molecule has 5 aromatic rings. The third kappa shape index (κ3) is 3.39. The molecule has 1 aliphatic heterocycles. The number of anilines is 1. The fourth-order valence-corrected chi connectivity index (χ4v) is 5.13. The maximum Gasteiger partial charge on any atom is 0.181 e. The van der Waals surface area contributed by atoms with E-state index in [1.54, 1.807) is 24.4 Å². The number of rotatable bonds is 4. The van der Waals surface area contributed by atoms with Crippen molar-refractivity contribution in [3.63, 3.8) is 0 Å². The predicted molar refractivity (Wildman–Crippen MR) is 129 cm³/mol. The fourth-order valence-electron chi connectivity index (χ4n) is 3.93. The van der Waals surface area contributed by atoms with Crippen LogP contribution in [-0.2, 0) is 0 Å². The number of aromatic amines is 1. The second-order valence-corrected chi connectivity index (χ2v) is 8.86. The molecule has 0 radical (unpaired) electrons. The van der Waals surface area contributed by atoms with Gasteiger partial charge in [0.2, 0.25) is 0 Å². The summed E-state index contributed by atoms with van der Waals surface area (Å²) in [4.78, 5) is 23.3. The number of imidazole rings is 1. The van der Waals surface area contributed by atoms with Gasteiger partial charge < -0.3 is 9.88 Å². The van der Waals surface area contributed by atoms with E-state index in [1.165, 1.54) is 10.8 Å². The summed E-state index contributed by atoms with van der Waals surface area (Å²) >= 11 is 8.20. The minimum Gasteiger partial charge on any atom is -0.341 e. The minimum atomic E-state index is -0.151. The van der Waals surface area contributed by atoms with Gasteiger partial charge in [-0.25, -0.2) is 15.0 Å². The van der Waals surface area contributed by atoms with Crippen LogP contribution in [0, 0.1) is 0 Å². The van der Waals surface area contributed by atoms with Gasteiger partial charge in [-0.3, -0.25) is 4.99 Å². The van der Waals surface area contributed by atoms with Gasteiger partial charge in [0.1, 0.15) is 23.0 Å². The Morgan fingerprint density at radius 1 is 0.969 bits per heavy atom. The standard InChI is InChI=1S/C24H17ClN6S/c25-18-7-3-4-8-20(18)31-11-17-9-15-5-1-2-6-16(15)10-19(17)30-21(31)12-32-24-22-23(27-13-26-22)28-14-29-24/h1-11,13-14,21H,12H2,(H,26,27,28,29). The van der Waals surface area contributed by atoms with Crippen molar-refractivity contribution in [2.24, 2.45) is 4.99 Å². The zero-order valence-electron chi connectivity index (χ0n) is 16.8. The number of hydrogen-bond acceptors (Lipinski definition) is 6. The molecule has 6 rings (SSSR count). The molecule has 0 spiro atoms. The van der Waals surface area contributed by atoms with Crippen molar-refractivity contribution in [3.05, 3.63) is 88.9 Å². The van der Waals surface area contributed by atoms with Crippen LogP contribution in [0.1, 0.15) is 0 Å². The Hall–Kier alpha value is -3.42. The first kappa shape index (κ1) is 19.3. The first-order valence-corrected chi connectivity index (χ1v) is 11.5. The van der Waals surface area contributed by atoms with E-state index in [9.17, 15) is 0 Å². The number of aromatic nitrogens is 4. The molecule has 0 aliphatic carbocycles. The van der Waals surface area contributed by atoms with E-state index in [4.69, 9.17) is 16.6 Å². The number of para-hydroxylation sites is 1. The van der Waals surface area contributed by atoms with Crippen molar-refractivity contribution >= 4 is 57.2 Å². The summed E-state index contributed by atoms with van der Waals surface area (Å²) in [5, 5.41) is 5.96. The highest BCUT2D eigenvalue weighted by atomic mass is 35.5. The number of nitrogens with zero attached hydrogens (tertiary/aromatic N) is 5. The molecule has 0 bridgehead atoms. The molecular formula is C24H17ClN6S. The lowest BCUT2D eigenvalue weighted by molar-refractivity contribution is 0.739. The number of benzene rings is 3. The third-order valence-corrected chi connectivity index (χ3v) is 6.84. The van der Waals surface area contributed by atoms with Crippen LogP contribution in [0.5, 0.6) is 0 Å². The molecule has 0 fully saturated rings. The summed E-state index contributed by atoms with van der Waals surface area (Å²) in [7, 11) is 0. The summed E-state index contributed by atoms with van der Waals surface area (Å²) < 4.78 is 0. The van der Waals surface area contributed by atoms with Crippen LogP contribution in [-0.4, -0.2) is 31.9 Å². The lowest BCUT2D eigenvalue weighted by atomic mass is 10.1. The van der Waals surface area contributed by atoms with Crippen LogP contribution in [0.2, 0.25) is 5.02 Å². The summed E-state index contributed by atoms with van der Waals surface area (Å²) in [6.07, 6.45) is 5.18. The lowest BCUT2D eigenvalue weighted by Crippen LogP contribution is -2.43. The Balaban J connectivity index is 1.45. The average molecular weight is 457 g/mol. The molecule has 2 aromatic heterocycles. The van der Waals surface area contributed by atoms with Crippen molar-refractivity contribution in [1.82, 2.24) is 19.9 Å². The first-order chi connectivity index (χ1) is 15.8. The molecule has 0 saturated carbocycles. The number of nitrogens with one attached hydrogen (secondary N) is 1. The molecular weight excluding hydrogens is 440 g/mol. The van der Waals surface area contributed by atoms with Crippen molar-refractivity contribution in [2.45, 2.75) is 11.2 Å². The molecule has 6 nitrogen and oxygen atoms in total. The van der Waals surface area contributed by atoms with Gasteiger partial charge in [0, 0.05) is 17.2 Å². The van der Waals surface area contributed by atoms with Gasteiger partial charge in [0.05, 0.1) is 22.4 Å². The molecule has 3 heterocycles. The largest absolute Gasteiger partial charge is 0.341 e. The molecule has 32 heavy (non-hydrogen) atoms. The SMILES string of the molecule is Clc1ccccc1N1C=c2cc3ccccc3cc2=NC1CSc1ncnc2nc[nH]c12. The molecule has 3 aromatic carbocycles. The van der Waals surface area contributed by atoms with Crippen molar-refractivity contribution in [3.8, 4) is 0 Å². The van der Waals surface area contributed by atoms with Gasteiger partial charge in [-0.2, -0.15) is 0 Å². The topological polar surface area (TPSA) is 70.1 Å². The number of halogens is 1. The Morgan fingerprint density at radius 2 is 1.78 bits per heavy atom. The van der Waals surface area contributed by atoms with Crippen LogP contribution >= 0.6 is 23.4 Å².